The second-order valence-corrected chi connectivity index (χ2v) is 9.29. The van der Waals surface area contributed by atoms with Crippen LogP contribution in [0.2, 0.25) is 0 Å². The number of aliphatic carboxylic acids is 1. The lowest BCUT2D eigenvalue weighted by Gasteiger charge is -2.18. The lowest BCUT2D eigenvalue weighted by molar-refractivity contribution is -0.139. The van der Waals surface area contributed by atoms with Crippen molar-refractivity contribution in [1.82, 2.24) is 15.1 Å². The molecule has 200 valence electrons. The predicted molar refractivity (Wildman–Crippen MR) is 137 cm³/mol. The smallest absolute Gasteiger partial charge is 0.416 e. The van der Waals surface area contributed by atoms with Gasteiger partial charge in [-0.15, -0.1) is 0 Å². The summed E-state index contributed by atoms with van der Waals surface area (Å²) in [4.78, 5) is 25.0. The van der Waals surface area contributed by atoms with Gasteiger partial charge in [-0.3, -0.25) is 0 Å². The van der Waals surface area contributed by atoms with Gasteiger partial charge in [0.2, 0.25) is 0 Å². The number of alkyl carbamates (subject to hydrolysis) is 1. The minimum Gasteiger partial charge on any atom is -0.479 e. The van der Waals surface area contributed by atoms with E-state index < -0.39 is 29.8 Å². The molecule has 0 saturated heterocycles. The molecule has 2 N–H and O–H groups in total. The fourth-order valence-electron chi connectivity index (χ4n) is 5.15. The Morgan fingerprint density at radius 2 is 1.62 bits per heavy atom. The molecule has 4 aromatic rings. The van der Waals surface area contributed by atoms with E-state index in [-0.39, 0.29) is 35.2 Å². The van der Waals surface area contributed by atoms with Gasteiger partial charge in [0.05, 0.1) is 16.9 Å². The highest BCUT2D eigenvalue weighted by atomic mass is 19.4. The Morgan fingerprint density at radius 3 is 2.21 bits per heavy atom. The van der Waals surface area contributed by atoms with E-state index >= 15 is 0 Å². The van der Waals surface area contributed by atoms with Crippen LogP contribution in [-0.4, -0.2) is 33.6 Å². The number of aromatic nitrogens is 2. The molecule has 0 radical (unpaired) electrons. The van der Waals surface area contributed by atoms with E-state index in [4.69, 9.17) is 4.74 Å². The minimum absolute atomic E-state index is 0.00629. The van der Waals surface area contributed by atoms with Gasteiger partial charge in [-0.05, 0) is 54.3 Å². The zero-order valence-electron chi connectivity index (χ0n) is 21.0. The van der Waals surface area contributed by atoms with E-state index in [1.807, 2.05) is 48.5 Å². The number of alkyl halides is 3. The third-order valence-electron chi connectivity index (χ3n) is 6.91. The normalized spacial score (nSPS) is 13.5. The van der Waals surface area contributed by atoms with Crippen LogP contribution in [0.3, 0.4) is 0 Å². The number of hydrogen-bond donors (Lipinski definition) is 2. The number of nitrogens with zero attached hydrogens (tertiary/aromatic N) is 2. The number of amides is 1. The maximum Gasteiger partial charge on any atom is 0.416 e. The average Bonchev–Trinajstić information content (AvgIpc) is 3.39. The van der Waals surface area contributed by atoms with Gasteiger partial charge in [0.1, 0.15) is 6.61 Å². The molecular weight excluding hydrogens is 511 g/mol. The molecule has 1 unspecified atom stereocenters. The molecule has 1 heterocycles. The second kappa shape index (κ2) is 9.94. The van der Waals surface area contributed by atoms with E-state index in [9.17, 15) is 27.9 Å². The van der Waals surface area contributed by atoms with Crippen molar-refractivity contribution in [3.63, 3.8) is 0 Å². The van der Waals surface area contributed by atoms with Crippen molar-refractivity contribution in [3.8, 4) is 16.8 Å². The number of nitrogens with one attached hydrogen (secondary N) is 1. The number of ether oxygens (including phenoxy) is 1. The Hall–Kier alpha value is -4.60. The molecular formula is C29H24F3N3O4. The molecule has 1 atom stereocenters. The maximum absolute atomic E-state index is 13.2. The summed E-state index contributed by atoms with van der Waals surface area (Å²) in [6.07, 6.45) is -5.49. The first-order valence-electron chi connectivity index (χ1n) is 12.1. The van der Waals surface area contributed by atoms with Crippen molar-refractivity contribution in [3.05, 3.63) is 106 Å². The van der Waals surface area contributed by atoms with E-state index in [2.05, 4.69) is 10.4 Å². The highest BCUT2D eigenvalue weighted by Crippen LogP contribution is 2.44. The third-order valence-corrected chi connectivity index (χ3v) is 6.91. The Morgan fingerprint density at radius 1 is 1.00 bits per heavy atom. The molecule has 0 aliphatic heterocycles. The number of fused-ring (bicyclic) bond motifs is 3. The molecule has 0 bridgehead atoms. The quantitative estimate of drug-likeness (QED) is 0.308. The Kier molecular flexibility index (Phi) is 6.63. The molecule has 0 fully saturated rings. The van der Waals surface area contributed by atoms with Crippen LogP contribution in [0.4, 0.5) is 18.0 Å². The summed E-state index contributed by atoms with van der Waals surface area (Å²) in [5.74, 6) is -1.57. The number of carbonyl (C=O) groups excluding carboxylic acids is 1. The van der Waals surface area contributed by atoms with Crippen LogP contribution in [0.15, 0.2) is 72.8 Å². The zero-order chi connectivity index (χ0) is 27.9. The molecule has 0 spiro atoms. The predicted octanol–water partition coefficient (Wildman–Crippen LogP) is 6.17. The Bertz CT molecular complexity index is 1530. The molecule has 0 saturated carbocycles. The van der Waals surface area contributed by atoms with Gasteiger partial charge in [-0.1, -0.05) is 54.6 Å². The highest BCUT2D eigenvalue weighted by molar-refractivity contribution is 5.82. The number of carboxylic acids is 1. The van der Waals surface area contributed by atoms with Gasteiger partial charge in [-0.2, -0.15) is 18.3 Å². The van der Waals surface area contributed by atoms with Gasteiger partial charge in [-0.25, -0.2) is 14.3 Å². The maximum atomic E-state index is 13.2. The van der Waals surface area contributed by atoms with Crippen LogP contribution in [0.5, 0.6) is 0 Å². The summed E-state index contributed by atoms with van der Waals surface area (Å²) >= 11 is 0. The van der Waals surface area contributed by atoms with E-state index in [0.717, 1.165) is 34.4 Å². The number of carboxylic acid groups (broad SMARTS) is 1. The van der Waals surface area contributed by atoms with Crippen LogP contribution in [-0.2, 0) is 15.7 Å². The zero-order valence-corrected chi connectivity index (χ0v) is 21.0. The van der Waals surface area contributed by atoms with Crippen LogP contribution in [0.25, 0.3) is 16.8 Å². The first-order chi connectivity index (χ1) is 18.6. The van der Waals surface area contributed by atoms with Crippen LogP contribution >= 0.6 is 0 Å². The van der Waals surface area contributed by atoms with Gasteiger partial charge in [0, 0.05) is 17.2 Å². The standard InChI is InChI=1S/C29H24F3N3O4/c1-16-25(17(2)35(34-16)19-9-7-8-18(14-19)29(30,31)32)26(27(36)37)33-28(38)39-15-24-22-12-5-3-10-20(22)21-11-4-6-13-23(21)24/h3-14,24,26H,15H2,1-2H3,(H,33,38)(H,36,37). The van der Waals surface area contributed by atoms with Crippen molar-refractivity contribution in [2.24, 2.45) is 0 Å². The molecule has 1 amide bonds. The van der Waals surface area contributed by atoms with Crippen molar-refractivity contribution < 1.29 is 32.6 Å². The van der Waals surface area contributed by atoms with Crippen LogP contribution in [0, 0.1) is 13.8 Å². The highest BCUT2D eigenvalue weighted by Gasteiger charge is 2.33. The van der Waals surface area contributed by atoms with Crippen molar-refractivity contribution >= 4 is 12.1 Å². The van der Waals surface area contributed by atoms with Crippen molar-refractivity contribution in [1.29, 1.82) is 0 Å². The fraction of sp³-hybridized carbons (Fsp3) is 0.207. The average molecular weight is 536 g/mol. The summed E-state index contributed by atoms with van der Waals surface area (Å²) in [6.45, 7) is 3.06. The van der Waals surface area contributed by atoms with Gasteiger partial charge in [0.15, 0.2) is 6.04 Å². The monoisotopic (exact) mass is 535 g/mol. The van der Waals surface area contributed by atoms with Crippen LogP contribution < -0.4 is 5.32 Å². The summed E-state index contributed by atoms with van der Waals surface area (Å²) in [7, 11) is 0. The number of halogens is 3. The SMILES string of the molecule is Cc1nn(-c2cccc(C(F)(F)F)c2)c(C)c1C(NC(=O)OCC1c2ccccc2-c2ccccc21)C(=O)O. The lowest BCUT2D eigenvalue weighted by Crippen LogP contribution is -2.35. The molecule has 39 heavy (non-hydrogen) atoms. The molecule has 1 aromatic heterocycles. The van der Waals surface area contributed by atoms with Gasteiger partial charge >= 0.3 is 18.2 Å². The molecule has 3 aromatic carbocycles. The van der Waals surface area contributed by atoms with Gasteiger partial charge < -0.3 is 15.2 Å². The van der Waals surface area contributed by atoms with Crippen molar-refractivity contribution in [2.75, 3.05) is 6.61 Å². The van der Waals surface area contributed by atoms with Gasteiger partial charge in [0.25, 0.3) is 0 Å². The summed E-state index contributed by atoms with van der Waals surface area (Å²) in [5, 5.41) is 16.6. The first-order valence-corrected chi connectivity index (χ1v) is 12.1. The molecule has 10 heteroatoms. The largest absolute Gasteiger partial charge is 0.479 e. The number of benzene rings is 3. The first kappa shape index (κ1) is 26.0. The van der Waals surface area contributed by atoms with E-state index in [0.29, 0.717) is 0 Å². The number of hydrogen-bond acceptors (Lipinski definition) is 4. The van der Waals surface area contributed by atoms with E-state index in [1.165, 1.54) is 30.7 Å². The number of rotatable bonds is 6. The topological polar surface area (TPSA) is 93.5 Å². The molecule has 1 aliphatic rings. The molecule has 1 aliphatic carbocycles. The number of carbonyl (C=O) groups is 2. The summed E-state index contributed by atoms with van der Waals surface area (Å²) < 4.78 is 46.4. The summed E-state index contributed by atoms with van der Waals surface area (Å²) in [5.41, 5.74) is 4.06. The third kappa shape index (κ3) is 4.85. The minimum atomic E-state index is -4.55. The molecule has 7 nitrogen and oxygen atoms in total. The fourth-order valence-corrected chi connectivity index (χ4v) is 5.15. The second-order valence-electron chi connectivity index (χ2n) is 9.29. The molecule has 5 rings (SSSR count). The summed E-state index contributed by atoms with van der Waals surface area (Å²) in [6, 6.07) is 18.7. The lowest BCUT2D eigenvalue weighted by atomic mass is 9.98. The van der Waals surface area contributed by atoms with Crippen LogP contribution in [0.1, 0.15) is 45.6 Å². The Labute approximate surface area is 221 Å². The van der Waals surface area contributed by atoms with E-state index in [1.54, 1.807) is 0 Å². The van der Waals surface area contributed by atoms with Crippen molar-refractivity contribution in [2.45, 2.75) is 32.0 Å². The number of aryl methyl sites for hydroxylation is 1. The Balaban J connectivity index is 1.37.